The molecule has 2 amide bonds. The van der Waals surface area contributed by atoms with E-state index in [9.17, 15) is 9.59 Å². The highest BCUT2D eigenvalue weighted by molar-refractivity contribution is 7.80. The van der Waals surface area contributed by atoms with E-state index in [-0.39, 0.29) is 22.5 Å². The first-order chi connectivity index (χ1) is 13.3. The van der Waals surface area contributed by atoms with Crippen LogP contribution in [0.15, 0.2) is 35.9 Å². The Morgan fingerprint density at radius 2 is 1.61 bits per heavy atom. The third-order valence-electron chi connectivity index (χ3n) is 4.82. The molecule has 1 saturated heterocycles. The molecule has 28 heavy (non-hydrogen) atoms. The van der Waals surface area contributed by atoms with Crippen LogP contribution in [-0.2, 0) is 9.59 Å². The molecule has 7 heteroatoms. The predicted octanol–water partition coefficient (Wildman–Crippen LogP) is 3.09. The Bertz CT molecular complexity index is 963. The van der Waals surface area contributed by atoms with Crippen molar-refractivity contribution < 1.29 is 14.3 Å². The summed E-state index contributed by atoms with van der Waals surface area (Å²) in [6, 6.07) is 9.79. The number of likely N-dealkylation sites (N-methyl/N-ethyl adjacent to an activating group) is 2. The van der Waals surface area contributed by atoms with Crippen molar-refractivity contribution in [2.45, 2.75) is 20.8 Å². The van der Waals surface area contributed by atoms with Crippen LogP contribution in [0.2, 0.25) is 0 Å². The molecule has 0 spiro atoms. The molecule has 0 N–H and O–H groups in total. The van der Waals surface area contributed by atoms with Crippen LogP contribution in [0.4, 0.5) is 0 Å². The summed E-state index contributed by atoms with van der Waals surface area (Å²) in [5.41, 5.74) is 3.85. The molecule has 0 aliphatic carbocycles. The van der Waals surface area contributed by atoms with Crippen LogP contribution in [0.5, 0.6) is 5.75 Å². The standard InChI is InChI=1S/C21H23N3O3S/c1-6-27-17-9-7-16(8-10-17)24-13(2)11-15(14(24)3)12-18-19(25)22(4)21(28)23(5)20(18)26/h7-12H,6H2,1-5H3. The SMILES string of the molecule is CCOc1ccc(-n2c(C)cc(C=C3C(=O)N(C)C(=S)N(C)C3=O)c2C)cc1. The first-order valence-corrected chi connectivity index (χ1v) is 9.41. The van der Waals surface area contributed by atoms with Crippen molar-refractivity contribution >= 4 is 35.2 Å². The van der Waals surface area contributed by atoms with Gasteiger partial charge in [-0.2, -0.15) is 0 Å². The van der Waals surface area contributed by atoms with Gasteiger partial charge >= 0.3 is 0 Å². The molecular weight excluding hydrogens is 374 g/mol. The van der Waals surface area contributed by atoms with Crippen LogP contribution in [0.1, 0.15) is 23.9 Å². The van der Waals surface area contributed by atoms with E-state index in [1.54, 1.807) is 20.2 Å². The number of amides is 2. The van der Waals surface area contributed by atoms with Crippen LogP contribution in [-0.4, -0.2) is 52.0 Å². The number of benzene rings is 1. The Balaban J connectivity index is 2.02. The molecule has 0 atom stereocenters. The molecule has 1 aromatic carbocycles. The summed E-state index contributed by atoms with van der Waals surface area (Å²) in [5.74, 6) is 0.0365. The van der Waals surface area contributed by atoms with Crippen LogP contribution in [0, 0.1) is 13.8 Å². The zero-order valence-corrected chi connectivity index (χ0v) is 17.5. The van der Waals surface area contributed by atoms with Crippen molar-refractivity contribution in [1.29, 1.82) is 0 Å². The number of hydrogen-bond donors (Lipinski definition) is 0. The summed E-state index contributed by atoms with van der Waals surface area (Å²) >= 11 is 5.14. The van der Waals surface area contributed by atoms with E-state index < -0.39 is 0 Å². The molecule has 1 aliphatic heterocycles. The Labute approximate surface area is 170 Å². The number of nitrogens with zero attached hydrogens (tertiary/aromatic N) is 3. The second-order valence-corrected chi connectivity index (χ2v) is 7.02. The molecule has 146 valence electrons. The van der Waals surface area contributed by atoms with Gasteiger partial charge in [-0.15, -0.1) is 0 Å². The first kappa shape index (κ1) is 19.8. The Morgan fingerprint density at radius 1 is 1.04 bits per heavy atom. The van der Waals surface area contributed by atoms with Gasteiger partial charge in [0.1, 0.15) is 11.3 Å². The lowest BCUT2D eigenvalue weighted by Gasteiger charge is -2.31. The Hall–Kier alpha value is -2.93. The monoisotopic (exact) mass is 397 g/mol. The minimum absolute atomic E-state index is 0.102. The molecule has 0 radical (unpaired) electrons. The topological polar surface area (TPSA) is 54.8 Å². The van der Waals surface area contributed by atoms with E-state index in [4.69, 9.17) is 17.0 Å². The highest BCUT2D eigenvalue weighted by atomic mass is 32.1. The Kier molecular flexibility index (Phi) is 5.38. The second-order valence-electron chi connectivity index (χ2n) is 6.66. The first-order valence-electron chi connectivity index (χ1n) is 9.00. The van der Waals surface area contributed by atoms with Gasteiger partial charge in [-0.1, -0.05) is 0 Å². The lowest BCUT2D eigenvalue weighted by atomic mass is 10.1. The minimum atomic E-state index is -0.390. The molecular formula is C21H23N3O3S. The van der Waals surface area contributed by atoms with Gasteiger partial charge in [0.2, 0.25) is 0 Å². The summed E-state index contributed by atoms with van der Waals surface area (Å²) < 4.78 is 7.58. The maximum absolute atomic E-state index is 12.6. The molecule has 6 nitrogen and oxygen atoms in total. The largest absolute Gasteiger partial charge is 0.494 e. The number of hydrogen-bond acceptors (Lipinski definition) is 4. The van der Waals surface area contributed by atoms with Gasteiger partial charge in [0, 0.05) is 31.2 Å². The highest BCUT2D eigenvalue weighted by Crippen LogP contribution is 2.26. The quantitative estimate of drug-likeness (QED) is 0.452. The van der Waals surface area contributed by atoms with Crippen molar-refractivity contribution in [3.05, 3.63) is 52.9 Å². The highest BCUT2D eigenvalue weighted by Gasteiger charge is 2.35. The van der Waals surface area contributed by atoms with Gasteiger partial charge in [-0.3, -0.25) is 19.4 Å². The summed E-state index contributed by atoms with van der Waals surface area (Å²) in [5, 5.41) is 0.201. The van der Waals surface area contributed by atoms with E-state index in [0.29, 0.717) is 6.61 Å². The second kappa shape index (κ2) is 7.59. The van der Waals surface area contributed by atoms with Crippen molar-refractivity contribution in [3.8, 4) is 11.4 Å². The summed E-state index contributed by atoms with van der Waals surface area (Å²) in [4.78, 5) is 27.8. The molecule has 3 rings (SSSR count). The van der Waals surface area contributed by atoms with Gasteiger partial charge in [-0.25, -0.2) is 0 Å². The molecule has 1 aliphatic rings. The van der Waals surface area contributed by atoms with E-state index in [2.05, 4.69) is 4.57 Å². The summed E-state index contributed by atoms with van der Waals surface area (Å²) in [7, 11) is 3.15. The fourth-order valence-electron chi connectivity index (χ4n) is 3.32. The van der Waals surface area contributed by atoms with Crippen molar-refractivity contribution in [3.63, 3.8) is 0 Å². The minimum Gasteiger partial charge on any atom is -0.494 e. The average molecular weight is 398 g/mol. The van der Waals surface area contributed by atoms with Gasteiger partial charge in [0.25, 0.3) is 11.8 Å². The number of carbonyl (C=O) groups is 2. The molecule has 1 fully saturated rings. The number of thiocarbonyl (C=S) groups is 1. The number of aromatic nitrogens is 1. The molecule has 2 heterocycles. The van der Waals surface area contributed by atoms with Gasteiger partial charge in [0.15, 0.2) is 5.11 Å². The number of carbonyl (C=O) groups excluding carboxylic acids is 2. The van der Waals surface area contributed by atoms with Crippen LogP contribution >= 0.6 is 12.2 Å². The maximum Gasteiger partial charge on any atom is 0.265 e. The number of ether oxygens (including phenoxy) is 1. The van der Waals surface area contributed by atoms with Gasteiger partial charge < -0.3 is 9.30 Å². The summed E-state index contributed by atoms with van der Waals surface area (Å²) in [6.07, 6.45) is 1.65. The van der Waals surface area contributed by atoms with Crippen LogP contribution in [0.3, 0.4) is 0 Å². The van der Waals surface area contributed by atoms with Crippen LogP contribution in [0.25, 0.3) is 11.8 Å². The van der Waals surface area contributed by atoms with E-state index in [0.717, 1.165) is 28.4 Å². The molecule has 2 aromatic rings. The maximum atomic E-state index is 12.6. The van der Waals surface area contributed by atoms with Crippen molar-refractivity contribution in [2.75, 3.05) is 20.7 Å². The normalized spacial score (nSPS) is 14.8. The molecule has 1 aromatic heterocycles. The van der Waals surface area contributed by atoms with E-state index in [1.165, 1.54) is 9.80 Å². The molecule has 0 bridgehead atoms. The van der Waals surface area contributed by atoms with Crippen molar-refractivity contribution in [2.24, 2.45) is 0 Å². The zero-order chi connectivity index (χ0) is 20.6. The predicted molar refractivity (Wildman–Crippen MR) is 113 cm³/mol. The van der Waals surface area contributed by atoms with Crippen LogP contribution < -0.4 is 4.74 Å². The fraction of sp³-hybridized carbons (Fsp3) is 0.286. The Morgan fingerprint density at radius 3 is 2.14 bits per heavy atom. The fourth-order valence-corrected chi connectivity index (χ4v) is 3.49. The molecule has 0 unspecified atom stereocenters. The van der Waals surface area contributed by atoms with Crippen molar-refractivity contribution in [1.82, 2.24) is 14.4 Å². The third-order valence-corrected chi connectivity index (χ3v) is 5.37. The number of rotatable bonds is 4. The smallest absolute Gasteiger partial charge is 0.265 e. The number of aryl methyl sites for hydroxylation is 1. The zero-order valence-electron chi connectivity index (χ0n) is 16.6. The third kappa shape index (κ3) is 3.33. The van der Waals surface area contributed by atoms with Gasteiger partial charge in [-0.05, 0) is 75.0 Å². The van der Waals surface area contributed by atoms with E-state index >= 15 is 0 Å². The van der Waals surface area contributed by atoms with Gasteiger partial charge in [0.05, 0.1) is 6.61 Å². The molecule has 0 saturated carbocycles. The average Bonchev–Trinajstić information content (AvgIpc) is 2.96. The van der Waals surface area contributed by atoms with E-state index in [1.807, 2.05) is 51.1 Å². The lowest BCUT2D eigenvalue weighted by Crippen LogP contribution is -2.52. The summed E-state index contributed by atoms with van der Waals surface area (Å²) in [6.45, 7) is 6.52. The lowest BCUT2D eigenvalue weighted by molar-refractivity contribution is -0.132.